The van der Waals surface area contributed by atoms with E-state index in [1.807, 2.05) is 19.1 Å². The second kappa shape index (κ2) is 10.5. The fourth-order valence-electron chi connectivity index (χ4n) is 2.81. The average Bonchev–Trinajstić information content (AvgIpc) is 2.76. The molecular weight excluding hydrogens is 494 g/mol. The highest BCUT2D eigenvalue weighted by atomic mass is 79.9. The Hall–Kier alpha value is -3.01. The molecule has 0 radical (unpaired) electrons. The summed E-state index contributed by atoms with van der Waals surface area (Å²) in [6, 6.07) is 20.0. The summed E-state index contributed by atoms with van der Waals surface area (Å²) in [5.41, 5.74) is 4.70. The number of carbonyl (C=O) groups is 1. The van der Waals surface area contributed by atoms with Crippen LogP contribution in [0.15, 0.2) is 87.3 Å². The van der Waals surface area contributed by atoms with Crippen LogP contribution in [-0.4, -0.2) is 36.5 Å². The number of sulfonamides is 1. The van der Waals surface area contributed by atoms with Crippen LogP contribution >= 0.6 is 15.9 Å². The minimum absolute atomic E-state index is 0.0264. The molecule has 0 atom stereocenters. The van der Waals surface area contributed by atoms with Crippen molar-refractivity contribution in [2.75, 3.05) is 6.54 Å². The number of phenolic OH excluding ortho intramolecular Hbond substituents is 1. The Morgan fingerprint density at radius 2 is 1.66 bits per heavy atom. The summed E-state index contributed by atoms with van der Waals surface area (Å²) >= 11 is 3.36. The number of hydrogen-bond acceptors (Lipinski definition) is 5. The second-order valence-electron chi connectivity index (χ2n) is 7.10. The van der Waals surface area contributed by atoms with Crippen LogP contribution in [0.3, 0.4) is 0 Å². The number of amides is 1. The molecule has 0 aliphatic carbocycles. The lowest BCUT2D eigenvalue weighted by molar-refractivity contribution is -0.121. The van der Waals surface area contributed by atoms with Gasteiger partial charge in [0.05, 0.1) is 17.7 Å². The first-order valence-corrected chi connectivity index (χ1v) is 11.9. The molecule has 0 unspecified atom stereocenters. The summed E-state index contributed by atoms with van der Waals surface area (Å²) in [6.07, 6.45) is 1.41. The molecule has 3 aromatic rings. The molecule has 32 heavy (non-hydrogen) atoms. The van der Waals surface area contributed by atoms with Gasteiger partial charge in [-0.25, -0.2) is 13.8 Å². The molecule has 0 aliphatic heterocycles. The van der Waals surface area contributed by atoms with Crippen molar-refractivity contribution in [3.63, 3.8) is 0 Å². The summed E-state index contributed by atoms with van der Waals surface area (Å²) in [7, 11) is -3.92. The number of hydrazone groups is 1. The number of aryl methyl sites for hydroxylation is 1. The van der Waals surface area contributed by atoms with Crippen LogP contribution in [0.5, 0.6) is 5.75 Å². The molecule has 3 rings (SSSR count). The van der Waals surface area contributed by atoms with E-state index in [0.29, 0.717) is 5.56 Å². The number of nitrogens with one attached hydrogen (secondary N) is 1. The molecule has 3 aromatic carbocycles. The van der Waals surface area contributed by atoms with Gasteiger partial charge in [-0.3, -0.25) is 4.79 Å². The number of phenols is 1. The number of halogens is 1. The Morgan fingerprint density at radius 1 is 1.03 bits per heavy atom. The molecular formula is C23H22BrN3O4S. The lowest BCUT2D eigenvalue weighted by Gasteiger charge is -2.21. The molecule has 9 heteroatoms. The first kappa shape index (κ1) is 23.6. The third kappa shape index (κ3) is 6.49. The van der Waals surface area contributed by atoms with E-state index in [9.17, 15) is 18.3 Å². The van der Waals surface area contributed by atoms with E-state index in [4.69, 9.17) is 0 Å². The largest absolute Gasteiger partial charge is 0.508 e. The highest BCUT2D eigenvalue weighted by Crippen LogP contribution is 2.20. The normalized spacial score (nSPS) is 11.7. The molecule has 0 bridgehead atoms. The number of nitrogens with zero attached hydrogens (tertiary/aromatic N) is 2. The maximum Gasteiger partial charge on any atom is 0.255 e. The van der Waals surface area contributed by atoms with Gasteiger partial charge < -0.3 is 5.11 Å². The standard InChI is InChI=1S/C23H22BrN3O4S/c1-17-2-12-22(13-3-17)32(30,31)27(15-19-4-8-20(24)9-5-19)16-23(29)26-25-14-18-6-10-21(28)11-7-18/h2-14,28H,15-16H2,1H3,(H,26,29)/b25-14-. The molecule has 0 saturated heterocycles. The Bertz CT molecular complexity index is 1190. The molecule has 0 aliphatic rings. The van der Waals surface area contributed by atoms with Crippen molar-refractivity contribution in [3.8, 4) is 5.75 Å². The number of carbonyl (C=O) groups excluding carboxylic acids is 1. The number of benzene rings is 3. The molecule has 0 heterocycles. The van der Waals surface area contributed by atoms with Crippen LogP contribution < -0.4 is 5.43 Å². The number of rotatable bonds is 8. The van der Waals surface area contributed by atoms with Gasteiger partial charge in [-0.2, -0.15) is 9.41 Å². The Kier molecular flexibility index (Phi) is 7.79. The number of aromatic hydroxyl groups is 1. The molecule has 7 nitrogen and oxygen atoms in total. The van der Waals surface area contributed by atoms with E-state index in [1.54, 1.807) is 36.4 Å². The van der Waals surface area contributed by atoms with E-state index >= 15 is 0 Å². The second-order valence-corrected chi connectivity index (χ2v) is 9.95. The Balaban J connectivity index is 1.78. The van der Waals surface area contributed by atoms with Crippen LogP contribution in [0, 0.1) is 6.92 Å². The molecule has 2 N–H and O–H groups in total. The van der Waals surface area contributed by atoms with Gasteiger partial charge in [-0.05, 0) is 66.6 Å². The highest BCUT2D eigenvalue weighted by Gasteiger charge is 2.27. The zero-order chi connectivity index (χ0) is 23.1. The maximum atomic E-state index is 13.3. The molecule has 166 valence electrons. The predicted molar refractivity (Wildman–Crippen MR) is 127 cm³/mol. The predicted octanol–water partition coefficient (Wildman–Crippen LogP) is 3.80. The summed E-state index contributed by atoms with van der Waals surface area (Å²) in [6.45, 7) is 1.49. The minimum atomic E-state index is -3.92. The van der Waals surface area contributed by atoms with E-state index in [-0.39, 0.29) is 17.2 Å². The Labute approximate surface area is 195 Å². The van der Waals surface area contributed by atoms with Crippen molar-refractivity contribution in [2.24, 2.45) is 5.10 Å². The fourth-order valence-corrected chi connectivity index (χ4v) is 4.46. The molecule has 0 aromatic heterocycles. The van der Waals surface area contributed by atoms with Crippen LogP contribution in [0.2, 0.25) is 0 Å². The van der Waals surface area contributed by atoms with Gasteiger partial charge in [0, 0.05) is 11.0 Å². The third-order valence-corrected chi connectivity index (χ3v) is 6.88. The first-order chi connectivity index (χ1) is 15.2. The zero-order valence-electron chi connectivity index (χ0n) is 17.3. The van der Waals surface area contributed by atoms with Crippen LogP contribution in [0.1, 0.15) is 16.7 Å². The third-order valence-electron chi connectivity index (χ3n) is 4.55. The SMILES string of the molecule is Cc1ccc(S(=O)(=O)N(CC(=O)N/N=C\c2ccc(O)cc2)Cc2ccc(Br)cc2)cc1. The van der Waals surface area contributed by atoms with E-state index in [0.717, 1.165) is 19.9 Å². The minimum Gasteiger partial charge on any atom is -0.508 e. The smallest absolute Gasteiger partial charge is 0.255 e. The lowest BCUT2D eigenvalue weighted by atomic mass is 10.2. The van der Waals surface area contributed by atoms with Gasteiger partial charge in [0.25, 0.3) is 5.91 Å². The van der Waals surface area contributed by atoms with Gasteiger partial charge in [0.2, 0.25) is 10.0 Å². The van der Waals surface area contributed by atoms with E-state index < -0.39 is 22.5 Å². The fraction of sp³-hybridized carbons (Fsp3) is 0.130. The van der Waals surface area contributed by atoms with Gasteiger partial charge in [0.15, 0.2) is 0 Å². The van der Waals surface area contributed by atoms with Gasteiger partial charge in [-0.15, -0.1) is 0 Å². The van der Waals surface area contributed by atoms with Crippen molar-refractivity contribution >= 4 is 38.1 Å². The van der Waals surface area contributed by atoms with Crippen molar-refractivity contribution in [3.05, 3.63) is 94.0 Å². The van der Waals surface area contributed by atoms with Crippen molar-refractivity contribution < 1.29 is 18.3 Å². The topological polar surface area (TPSA) is 99.1 Å². The first-order valence-electron chi connectivity index (χ1n) is 9.66. The summed E-state index contributed by atoms with van der Waals surface area (Å²) in [5, 5.41) is 13.2. The van der Waals surface area contributed by atoms with E-state index in [2.05, 4.69) is 26.5 Å². The zero-order valence-corrected chi connectivity index (χ0v) is 19.7. The highest BCUT2D eigenvalue weighted by molar-refractivity contribution is 9.10. The summed E-state index contributed by atoms with van der Waals surface area (Å²) in [5.74, 6) is -0.455. The van der Waals surface area contributed by atoms with Crippen LogP contribution in [-0.2, 0) is 21.4 Å². The Morgan fingerprint density at radius 3 is 2.28 bits per heavy atom. The quantitative estimate of drug-likeness (QED) is 0.352. The van der Waals surface area contributed by atoms with E-state index in [1.165, 1.54) is 30.5 Å². The van der Waals surface area contributed by atoms with Crippen molar-refractivity contribution in [2.45, 2.75) is 18.4 Å². The van der Waals surface area contributed by atoms with Crippen LogP contribution in [0.4, 0.5) is 0 Å². The number of hydrogen-bond donors (Lipinski definition) is 2. The average molecular weight is 516 g/mol. The maximum absolute atomic E-state index is 13.3. The monoisotopic (exact) mass is 515 g/mol. The van der Waals surface area contributed by atoms with Gasteiger partial charge >= 0.3 is 0 Å². The summed E-state index contributed by atoms with van der Waals surface area (Å²) < 4.78 is 28.5. The van der Waals surface area contributed by atoms with Crippen molar-refractivity contribution in [1.82, 2.24) is 9.73 Å². The molecule has 0 spiro atoms. The summed E-state index contributed by atoms with van der Waals surface area (Å²) in [4.78, 5) is 12.6. The van der Waals surface area contributed by atoms with Crippen LogP contribution in [0.25, 0.3) is 0 Å². The lowest BCUT2D eigenvalue weighted by Crippen LogP contribution is -2.39. The molecule has 1 amide bonds. The molecule has 0 fully saturated rings. The van der Waals surface area contributed by atoms with Crippen molar-refractivity contribution in [1.29, 1.82) is 0 Å². The van der Waals surface area contributed by atoms with Gasteiger partial charge in [0.1, 0.15) is 5.75 Å². The molecule has 0 saturated carbocycles. The van der Waals surface area contributed by atoms with Gasteiger partial charge in [-0.1, -0.05) is 45.8 Å².